The zero-order valence-corrected chi connectivity index (χ0v) is 6.68. The predicted molar refractivity (Wildman–Crippen MR) is 39.0 cm³/mol. The van der Waals surface area contributed by atoms with Crippen molar-refractivity contribution < 1.29 is 18.7 Å². The molecular formula is C8H10F2O2. The second-order valence-corrected chi connectivity index (χ2v) is 3.04. The Balaban J connectivity index is 2.82. The van der Waals surface area contributed by atoms with E-state index in [0.717, 1.165) is 6.08 Å². The van der Waals surface area contributed by atoms with Crippen molar-refractivity contribution in [3.05, 3.63) is 11.6 Å². The molecule has 1 aliphatic rings. The third-order valence-corrected chi connectivity index (χ3v) is 1.85. The average Bonchev–Trinajstić information content (AvgIpc) is 2.63. The SMILES string of the molecule is CC(=O)/C=C(/C(F)F)C1(O)CC1. The number of hydrogen-bond acceptors (Lipinski definition) is 2. The van der Waals surface area contributed by atoms with Crippen molar-refractivity contribution in [2.45, 2.75) is 31.8 Å². The van der Waals surface area contributed by atoms with E-state index in [2.05, 4.69) is 0 Å². The van der Waals surface area contributed by atoms with Gasteiger partial charge in [0.05, 0.1) is 5.60 Å². The second kappa shape index (κ2) is 2.94. The van der Waals surface area contributed by atoms with Gasteiger partial charge < -0.3 is 5.11 Å². The Kier molecular flexibility index (Phi) is 2.28. The molecule has 0 amide bonds. The molecule has 1 saturated carbocycles. The highest BCUT2D eigenvalue weighted by molar-refractivity contribution is 5.88. The van der Waals surface area contributed by atoms with Gasteiger partial charge >= 0.3 is 0 Å². The third kappa shape index (κ3) is 1.88. The number of halogens is 2. The van der Waals surface area contributed by atoms with Crippen LogP contribution in [0.3, 0.4) is 0 Å². The zero-order valence-electron chi connectivity index (χ0n) is 6.68. The van der Waals surface area contributed by atoms with Crippen LogP contribution in [0.4, 0.5) is 8.78 Å². The fourth-order valence-corrected chi connectivity index (χ4v) is 1.03. The minimum absolute atomic E-state index is 0.330. The van der Waals surface area contributed by atoms with Gasteiger partial charge in [-0.1, -0.05) is 0 Å². The maximum atomic E-state index is 12.2. The fourth-order valence-electron chi connectivity index (χ4n) is 1.03. The number of carbonyl (C=O) groups is 1. The number of allylic oxidation sites excluding steroid dienone is 1. The van der Waals surface area contributed by atoms with Crippen LogP contribution in [0.2, 0.25) is 0 Å². The summed E-state index contributed by atoms with van der Waals surface area (Å²) in [6, 6.07) is 0. The van der Waals surface area contributed by atoms with Gasteiger partial charge in [0.2, 0.25) is 0 Å². The predicted octanol–water partition coefficient (Wildman–Crippen LogP) is 1.29. The summed E-state index contributed by atoms with van der Waals surface area (Å²) < 4.78 is 24.4. The van der Waals surface area contributed by atoms with Crippen LogP contribution in [0.25, 0.3) is 0 Å². The monoisotopic (exact) mass is 176 g/mol. The summed E-state index contributed by atoms with van der Waals surface area (Å²) in [6.45, 7) is 1.19. The van der Waals surface area contributed by atoms with Gasteiger partial charge in [-0.25, -0.2) is 8.78 Å². The fraction of sp³-hybridized carbons (Fsp3) is 0.625. The average molecular weight is 176 g/mol. The summed E-state index contributed by atoms with van der Waals surface area (Å²) in [5.41, 5.74) is -1.82. The summed E-state index contributed by atoms with van der Waals surface area (Å²) in [7, 11) is 0. The minimum atomic E-state index is -2.73. The smallest absolute Gasteiger partial charge is 0.263 e. The van der Waals surface area contributed by atoms with Gasteiger partial charge in [-0.05, 0) is 25.8 Å². The lowest BCUT2D eigenvalue weighted by atomic mass is 10.1. The molecule has 0 unspecified atom stereocenters. The Bertz CT molecular complexity index is 229. The number of carbonyl (C=O) groups excluding carboxylic acids is 1. The summed E-state index contributed by atoms with van der Waals surface area (Å²) in [5, 5.41) is 9.31. The number of ketones is 1. The molecule has 1 fully saturated rings. The van der Waals surface area contributed by atoms with E-state index in [4.69, 9.17) is 0 Å². The van der Waals surface area contributed by atoms with Crippen LogP contribution >= 0.6 is 0 Å². The molecule has 0 spiro atoms. The molecule has 2 nitrogen and oxygen atoms in total. The molecule has 0 aromatic heterocycles. The van der Waals surface area contributed by atoms with Crippen LogP contribution in [0.1, 0.15) is 19.8 Å². The molecule has 0 heterocycles. The summed E-state index contributed by atoms with van der Waals surface area (Å²) >= 11 is 0. The molecule has 1 aliphatic carbocycles. The normalized spacial score (nSPS) is 21.2. The van der Waals surface area contributed by atoms with Crippen LogP contribution in [0, 0.1) is 0 Å². The van der Waals surface area contributed by atoms with Gasteiger partial charge in [-0.2, -0.15) is 0 Å². The van der Waals surface area contributed by atoms with E-state index >= 15 is 0 Å². The number of rotatable bonds is 3. The van der Waals surface area contributed by atoms with Crippen LogP contribution in [0.5, 0.6) is 0 Å². The molecule has 0 bridgehead atoms. The Morgan fingerprint density at radius 2 is 2.08 bits per heavy atom. The first-order valence-electron chi connectivity index (χ1n) is 3.69. The molecule has 1 N–H and O–H groups in total. The molecule has 1 rings (SSSR count). The Morgan fingerprint density at radius 1 is 1.58 bits per heavy atom. The van der Waals surface area contributed by atoms with E-state index in [1.165, 1.54) is 6.92 Å². The molecule has 0 aromatic rings. The Hall–Kier alpha value is -0.770. The quantitative estimate of drug-likeness (QED) is 0.658. The lowest BCUT2D eigenvalue weighted by Gasteiger charge is -2.11. The van der Waals surface area contributed by atoms with Crippen molar-refractivity contribution in [1.29, 1.82) is 0 Å². The molecule has 68 valence electrons. The van der Waals surface area contributed by atoms with Gasteiger partial charge in [-0.3, -0.25) is 4.79 Å². The Morgan fingerprint density at radius 3 is 2.33 bits per heavy atom. The van der Waals surface area contributed by atoms with E-state index in [1.54, 1.807) is 0 Å². The van der Waals surface area contributed by atoms with Gasteiger partial charge in [0.1, 0.15) is 0 Å². The van der Waals surface area contributed by atoms with Crippen LogP contribution in [0.15, 0.2) is 11.6 Å². The van der Waals surface area contributed by atoms with Crippen LogP contribution < -0.4 is 0 Å². The van der Waals surface area contributed by atoms with Crippen molar-refractivity contribution in [3.8, 4) is 0 Å². The van der Waals surface area contributed by atoms with Crippen molar-refractivity contribution >= 4 is 5.78 Å². The highest BCUT2D eigenvalue weighted by Gasteiger charge is 2.47. The van der Waals surface area contributed by atoms with E-state index in [1.807, 2.05) is 0 Å². The molecule has 12 heavy (non-hydrogen) atoms. The maximum absolute atomic E-state index is 12.2. The van der Waals surface area contributed by atoms with Crippen LogP contribution in [-0.2, 0) is 4.79 Å². The lowest BCUT2D eigenvalue weighted by molar-refractivity contribution is -0.112. The number of hydrogen-bond donors (Lipinski definition) is 1. The van der Waals surface area contributed by atoms with Crippen molar-refractivity contribution in [3.63, 3.8) is 0 Å². The van der Waals surface area contributed by atoms with Gasteiger partial charge in [0.15, 0.2) is 5.78 Å². The van der Waals surface area contributed by atoms with Gasteiger partial charge in [0.25, 0.3) is 6.43 Å². The van der Waals surface area contributed by atoms with Crippen LogP contribution in [-0.4, -0.2) is 22.9 Å². The first kappa shape index (κ1) is 9.32. The molecule has 4 heteroatoms. The van der Waals surface area contributed by atoms with E-state index in [-0.39, 0.29) is 0 Å². The maximum Gasteiger partial charge on any atom is 0.263 e. The van der Waals surface area contributed by atoms with Crippen molar-refractivity contribution in [2.24, 2.45) is 0 Å². The first-order chi connectivity index (χ1) is 5.46. The summed E-state index contributed by atoms with van der Waals surface area (Å²) in [6.07, 6.45) is -1.24. The summed E-state index contributed by atoms with van der Waals surface area (Å²) in [5.74, 6) is -0.453. The third-order valence-electron chi connectivity index (χ3n) is 1.85. The summed E-state index contributed by atoms with van der Waals surface area (Å²) in [4.78, 5) is 10.5. The topological polar surface area (TPSA) is 37.3 Å². The highest BCUT2D eigenvalue weighted by Crippen LogP contribution is 2.44. The largest absolute Gasteiger partial charge is 0.385 e. The molecule has 0 aliphatic heterocycles. The first-order valence-corrected chi connectivity index (χ1v) is 3.69. The van der Waals surface area contributed by atoms with Crippen molar-refractivity contribution in [1.82, 2.24) is 0 Å². The van der Waals surface area contributed by atoms with E-state index in [9.17, 15) is 18.7 Å². The lowest BCUT2D eigenvalue weighted by Crippen LogP contribution is -2.18. The molecule has 0 atom stereocenters. The minimum Gasteiger partial charge on any atom is -0.385 e. The second-order valence-electron chi connectivity index (χ2n) is 3.04. The zero-order chi connectivity index (χ0) is 9.35. The van der Waals surface area contributed by atoms with Gasteiger partial charge in [-0.15, -0.1) is 0 Å². The van der Waals surface area contributed by atoms with Crippen molar-refractivity contribution in [2.75, 3.05) is 0 Å². The molecule has 0 radical (unpaired) electrons. The Labute approximate surface area is 68.9 Å². The van der Waals surface area contributed by atoms with E-state index < -0.39 is 23.4 Å². The highest BCUT2D eigenvalue weighted by atomic mass is 19.3. The number of aliphatic hydroxyl groups is 1. The van der Waals surface area contributed by atoms with Gasteiger partial charge in [0, 0.05) is 5.57 Å². The molecule has 0 saturated heterocycles. The van der Waals surface area contributed by atoms with E-state index in [0.29, 0.717) is 12.8 Å². The standard InChI is InChI=1S/C8H10F2O2/c1-5(11)4-6(7(9)10)8(12)2-3-8/h4,7,12H,2-3H2,1H3/b6-4-. The molecule has 0 aromatic carbocycles. The number of alkyl halides is 2. The molecular weight excluding hydrogens is 166 g/mol.